The van der Waals surface area contributed by atoms with E-state index in [-0.39, 0.29) is 19.0 Å². The molecule has 1 unspecified atom stereocenters. The summed E-state index contributed by atoms with van der Waals surface area (Å²) in [7, 11) is 1.60. The molecule has 1 aromatic carbocycles. The van der Waals surface area contributed by atoms with E-state index in [2.05, 4.69) is 10.0 Å². The predicted molar refractivity (Wildman–Crippen MR) is 133 cm³/mol. The zero-order valence-corrected chi connectivity index (χ0v) is 22.0. The highest BCUT2D eigenvalue weighted by atomic mass is 35.5. The van der Waals surface area contributed by atoms with Gasteiger partial charge in [0.05, 0.1) is 12.0 Å². The highest BCUT2D eigenvalue weighted by molar-refractivity contribution is 6.32. The van der Waals surface area contributed by atoms with Crippen LogP contribution < -0.4 is 4.90 Å². The van der Waals surface area contributed by atoms with Gasteiger partial charge < -0.3 is 14.5 Å². The largest absolute Gasteiger partial charge is 0.432 e. The maximum absolute atomic E-state index is 13.2. The van der Waals surface area contributed by atoms with E-state index in [1.54, 1.807) is 18.9 Å². The third kappa shape index (κ3) is 9.15. The van der Waals surface area contributed by atoms with Crippen LogP contribution in [0.5, 0.6) is 0 Å². The molecule has 194 valence electrons. The van der Waals surface area contributed by atoms with Crippen molar-refractivity contribution in [2.24, 2.45) is 5.10 Å². The second-order valence-corrected chi connectivity index (χ2v) is 8.57. The van der Waals surface area contributed by atoms with Gasteiger partial charge in [-0.1, -0.05) is 25.4 Å². The molecule has 0 aliphatic carbocycles. The summed E-state index contributed by atoms with van der Waals surface area (Å²) < 4.78 is 44.7. The van der Waals surface area contributed by atoms with E-state index in [0.29, 0.717) is 31.3 Å². The Balaban J connectivity index is 0.00000281. The van der Waals surface area contributed by atoms with Crippen molar-refractivity contribution >= 4 is 40.5 Å². The number of methoxy groups -OCH3 is 1. The van der Waals surface area contributed by atoms with Crippen molar-refractivity contribution in [3.05, 3.63) is 28.8 Å². The van der Waals surface area contributed by atoms with Crippen LogP contribution in [0.4, 0.5) is 18.9 Å². The van der Waals surface area contributed by atoms with E-state index in [4.69, 9.17) is 27.9 Å². The monoisotopic (exact) mass is 526 g/mol. The number of hydrazone groups is 1. The van der Waals surface area contributed by atoms with Gasteiger partial charge in [0.15, 0.2) is 5.71 Å². The fourth-order valence-electron chi connectivity index (χ4n) is 3.44. The van der Waals surface area contributed by atoms with E-state index >= 15 is 0 Å². The van der Waals surface area contributed by atoms with E-state index in [1.165, 1.54) is 6.92 Å². The first-order valence-corrected chi connectivity index (χ1v) is 12.2. The van der Waals surface area contributed by atoms with Gasteiger partial charge in [-0.3, -0.25) is 9.80 Å². The summed E-state index contributed by atoms with van der Waals surface area (Å²) in [6, 6.07) is 5.73. The summed E-state index contributed by atoms with van der Waals surface area (Å²) in [5, 5.41) is 4.07. The number of likely N-dealkylation sites (N-methyl/N-ethyl adjacent to an activating group) is 1. The number of benzene rings is 1. The number of nitrogens with zero attached hydrogens (tertiary/aromatic N) is 4. The van der Waals surface area contributed by atoms with E-state index < -0.39 is 17.3 Å². The second-order valence-electron chi connectivity index (χ2n) is 7.51. The molecule has 11 heteroatoms. The third-order valence-corrected chi connectivity index (χ3v) is 5.72. The summed E-state index contributed by atoms with van der Waals surface area (Å²) >= 11 is 11.9. The van der Waals surface area contributed by atoms with Crippen LogP contribution in [0, 0.1) is 0 Å². The first kappa shape index (κ1) is 30.3. The average molecular weight is 527 g/mol. The zero-order chi connectivity index (χ0) is 25.9. The van der Waals surface area contributed by atoms with Gasteiger partial charge in [0.25, 0.3) is 0 Å². The van der Waals surface area contributed by atoms with Crippen molar-refractivity contribution in [1.29, 1.82) is 0 Å². The summed E-state index contributed by atoms with van der Waals surface area (Å²) in [5.41, 5.74) is 0.765. The van der Waals surface area contributed by atoms with Gasteiger partial charge in [-0.15, -0.1) is 11.6 Å². The van der Waals surface area contributed by atoms with Crippen LogP contribution in [-0.4, -0.2) is 79.5 Å². The lowest BCUT2D eigenvalue weighted by atomic mass is 10.2. The van der Waals surface area contributed by atoms with Gasteiger partial charge in [0, 0.05) is 50.5 Å². The van der Waals surface area contributed by atoms with Crippen LogP contribution in [0.15, 0.2) is 23.3 Å². The molecule has 0 saturated carbocycles. The lowest BCUT2D eigenvalue weighted by molar-refractivity contribution is -0.132. The van der Waals surface area contributed by atoms with Crippen molar-refractivity contribution in [1.82, 2.24) is 9.91 Å². The molecule has 1 saturated heterocycles. The first-order valence-electron chi connectivity index (χ1n) is 11.4. The van der Waals surface area contributed by atoms with Crippen LogP contribution in [-0.2, 0) is 16.1 Å². The molecule has 0 radical (unpaired) electrons. The van der Waals surface area contributed by atoms with Gasteiger partial charge in [-0.25, -0.2) is 0 Å². The molecule has 1 aliphatic rings. The number of halogens is 5. The molecule has 1 aliphatic heterocycles. The third-order valence-electron chi connectivity index (χ3n) is 5.14. The minimum Gasteiger partial charge on any atom is -0.380 e. The molecular formula is C23H35Cl2F3N4O2. The Morgan fingerprint density at radius 2 is 1.91 bits per heavy atom. The maximum atomic E-state index is 13.2. The number of carbonyl (C=O) groups is 1. The van der Waals surface area contributed by atoms with Gasteiger partial charge in [0.2, 0.25) is 5.91 Å². The molecule has 1 atom stereocenters. The molecule has 0 aromatic heterocycles. The molecule has 6 nitrogen and oxygen atoms in total. The molecule has 1 heterocycles. The standard InChI is InChI=1S/C21H29Cl2F3N4O2.C2H6/c1-4-30(27-20(15(2)22)21(24,25)26)13-19(31)29-9-5-8-28(10-11-29)17-6-7-18(23)16(12-17)14-32-3;1-2/h6-7,12,15H,4-5,8-11,13-14H2,1-3H3;1-2H3/b27-20+;. The normalized spacial score (nSPS) is 15.9. The minimum atomic E-state index is -4.65. The number of amides is 1. The number of hydrogen-bond acceptors (Lipinski definition) is 5. The SMILES string of the molecule is CC.CCN(CC(=O)N1CCCN(c2ccc(Cl)c(COC)c2)CC1)/N=C(\C(C)Cl)C(F)(F)F. The van der Waals surface area contributed by atoms with Gasteiger partial charge in [-0.2, -0.15) is 18.3 Å². The van der Waals surface area contributed by atoms with E-state index in [9.17, 15) is 18.0 Å². The molecule has 2 rings (SSSR count). The van der Waals surface area contributed by atoms with Crippen molar-refractivity contribution in [2.75, 3.05) is 51.3 Å². The van der Waals surface area contributed by atoms with Gasteiger partial charge in [0.1, 0.15) is 6.54 Å². The Labute approximate surface area is 210 Å². The fraction of sp³-hybridized carbons (Fsp3) is 0.652. The van der Waals surface area contributed by atoms with Crippen molar-refractivity contribution in [3.8, 4) is 0 Å². The highest BCUT2D eigenvalue weighted by Crippen LogP contribution is 2.25. The number of rotatable bonds is 8. The lowest BCUT2D eigenvalue weighted by Gasteiger charge is -2.26. The first-order chi connectivity index (χ1) is 16.1. The highest BCUT2D eigenvalue weighted by Gasteiger charge is 2.39. The van der Waals surface area contributed by atoms with Crippen LogP contribution in [0.3, 0.4) is 0 Å². The summed E-state index contributed by atoms with van der Waals surface area (Å²) in [5.74, 6) is -0.266. The molecule has 1 fully saturated rings. The number of ether oxygens (including phenoxy) is 1. The average Bonchev–Trinajstić information content (AvgIpc) is 3.05. The molecule has 1 aromatic rings. The van der Waals surface area contributed by atoms with Crippen LogP contribution in [0.1, 0.15) is 39.7 Å². The molecule has 34 heavy (non-hydrogen) atoms. The molecule has 1 amide bonds. The van der Waals surface area contributed by atoms with Crippen molar-refractivity contribution < 1.29 is 22.7 Å². The molecule has 0 spiro atoms. The van der Waals surface area contributed by atoms with E-state index in [1.807, 2.05) is 32.0 Å². The maximum Gasteiger partial charge on any atom is 0.432 e. The Kier molecular flexibility index (Phi) is 13.1. The summed E-state index contributed by atoms with van der Waals surface area (Å²) in [6.07, 6.45) is -3.92. The van der Waals surface area contributed by atoms with Gasteiger partial charge in [-0.05, 0) is 44.0 Å². The van der Waals surface area contributed by atoms with Crippen molar-refractivity contribution in [3.63, 3.8) is 0 Å². The Bertz CT molecular complexity index is 807. The number of carbonyl (C=O) groups excluding carboxylic acids is 1. The minimum absolute atomic E-state index is 0.155. The van der Waals surface area contributed by atoms with Crippen LogP contribution in [0.2, 0.25) is 5.02 Å². The van der Waals surface area contributed by atoms with Crippen molar-refractivity contribution in [2.45, 2.75) is 52.3 Å². The molecule has 0 bridgehead atoms. The lowest BCUT2D eigenvalue weighted by Crippen LogP contribution is -2.42. The Hall–Kier alpha value is -1.71. The van der Waals surface area contributed by atoms with Gasteiger partial charge >= 0.3 is 6.18 Å². The van der Waals surface area contributed by atoms with E-state index in [0.717, 1.165) is 29.2 Å². The molecular weight excluding hydrogens is 492 g/mol. The second kappa shape index (κ2) is 14.6. The smallest absolute Gasteiger partial charge is 0.380 e. The fourth-order valence-corrected chi connectivity index (χ4v) is 3.78. The van der Waals surface area contributed by atoms with Crippen LogP contribution >= 0.6 is 23.2 Å². The molecule has 0 N–H and O–H groups in total. The number of alkyl halides is 4. The Morgan fingerprint density at radius 3 is 2.47 bits per heavy atom. The van der Waals surface area contributed by atoms with Crippen LogP contribution in [0.25, 0.3) is 0 Å². The quantitative estimate of drug-likeness (QED) is 0.258. The number of anilines is 1. The summed E-state index contributed by atoms with van der Waals surface area (Å²) in [6.45, 7) is 9.50. The predicted octanol–water partition coefficient (Wildman–Crippen LogP) is 5.42. The Morgan fingerprint density at radius 1 is 1.24 bits per heavy atom. The summed E-state index contributed by atoms with van der Waals surface area (Å²) in [4.78, 5) is 16.6. The number of hydrogen-bond donors (Lipinski definition) is 0. The topological polar surface area (TPSA) is 48.4 Å². The zero-order valence-electron chi connectivity index (χ0n) is 20.5.